The highest BCUT2D eigenvalue weighted by molar-refractivity contribution is 5.97. The number of benzene rings is 2. The fourth-order valence-electron chi connectivity index (χ4n) is 3.47. The summed E-state index contributed by atoms with van der Waals surface area (Å²) in [6.45, 7) is -0.306. The largest absolute Gasteiger partial charge is 0.496 e. The van der Waals surface area contributed by atoms with E-state index in [4.69, 9.17) is 18.9 Å². The second-order valence-electron chi connectivity index (χ2n) is 6.65. The minimum Gasteiger partial charge on any atom is -0.496 e. The van der Waals surface area contributed by atoms with Gasteiger partial charge in [-0.1, -0.05) is 30.3 Å². The van der Waals surface area contributed by atoms with Gasteiger partial charge in [0, 0.05) is 13.0 Å². The van der Waals surface area contributed by atoms with Crippen molar-refractivity contribution in [3.05, 3.63) is 59.2 Å². The number of carbonyl (C=O) groups is 3. The van der Waals surface area contributed by atoms with Gasteiger partial charge >= 0.3 is 11.9 Å². The van der Waals surface area contributed by atoms with E-state index in [1.165, 1.54) is 26.2 Å². The summed E-state index contributed by atoms with van der Waals surface area (Å²) in [5.41, 5.74) is 2.00. The van der Waals surface area contributed by atoms with Crippen molar-refractivity contribution < 1.29 is 33.3 Å². The van der Waals surface area contributed by atoms with Gasteiger partial charge < -0.3 is 23.8 Å². The average molecular weight is 413 g/mol. The lowest BCUT2D eigenvalue weighted by Gasteiger charge is -2.35. The molecule has 1 aliphatic rings. The zero-order valence-corrected chi connectivity index (χ0v) is 17.0. The highest BCUT2D eigenvalue weighted by Gasteiger charge is 2.35. The normalized spacial score (nSPS) is 15.0. The summed E-state index contributed by atoms with van der Waals surface area (Å²) in [7, 11) is 4.12. The van der Waals surface area contributed by atoms with E-state index >= 15 is 0 Å². The summed E-state index contributed by atoms with van der Waals surface area (Å²) in [6, 6.07) is 11.6. The average Bonchev–Trinajstić information content (AvgIpc) is 2.80. The van der Waals surface area contributed by atoms with Gasteiger partial charge in [-0.05, 0) is 23.3 Å². The molecule has 158 valence electrons. The van der Waals surface area contributed by atoms with Gasteiger partial charge in [0.25, 0.3) is 5.91 Å². The Kier molecular flexibility index (Phi) is 6.56. The molecule has 0 spiro atoms. The molecular formula is C22H23NO7. The quantitative estimate of drug-likeness (QED) is 0.669. The van der Waals surface area contributed by atoms with Crippen LogP contribution in [0, 0.1) is 0 Å². The minimum atomic E-state index is -0.781. The maximum Gasteiger partial charge on any atom is 0.346 e. The molecule has 3 rings (SSSR count). The maximum absolute atomic E-state index is 12.9. The fraction of sp³-hybridized carbons (Fsp3) is 0.318. The molecule has 0 aliphatic carbocycles. The third-order valence-electron chi connectivity index (χ3n) is 5.00. The highest BCUT2D eigenvalue weighted by atomic mass is 16.5. The van der Waals surface area contributed by atoms with E-state index in [-0.39, 0.29) is 23.6 Å². The molecule has 2 aromatic rings. The van der Waals surface area contributed by atoms with Crippen molar-refractivity contribution in [3.63, 3.8) is 0 Å². The Labute approximate surface area is 174 Å². The molecule has 0 radical (unpaired) electrons. The number of nitrogens with zero attached hydrogens (tertiary/aromatic N) is 1. The van der Waals surface area contributed by atoms with Gasteiger partial charge in [-0.3, -0.25) is 4.79 Å². The second kappa shape index (κ2) is 9.30. The van der Waals surface area contributed by atoms with E-state index in [0.29, 0.717) is 6.42 Å². The summed E-state index contributed by atoms with van der Waals surface area (Å²) < 4.78 is 20.5. The number of fused-ring (bicyclic) bond motifs is 1. The van der Waals surface area contributed by atoms with Crippen molar-refractivity contribution in [2.75, 3.05) is 27.9 Å². The molecular weight excluding hydrogens is 390 g/mol. The fourth-order valence-corrected chi connectivity index (χ4v) is 3.47. The van der Waals surface area contributed by atoms with Crippen LogP contribution in [0.4, 0.5) is 0 Å². The number of methoxy groups -OCH3 is 3. The van der Waals surface area contributed by atoms with Crippen LogP contribution < -0.4 is 9.47 Å². The van der Waals surface area contributed by atoms with Crippen molar-refractivity contribution >= 4 is 17.8 Å². The van der Waals surface area contributed by atoms with Crippen molar-refractivity contribution in [1.29, 1.82) is 0 Å². The zero-order chi connectivity index (χ0) is 21.7. The van der Waals surface area contributed by atoms with Crippen LogP contribution in [0.3, 0.4) is 0 Å². The first-order valence-electron chi connectivity index (χ1n) is 9.32. The van der Waals surface area contributed by atoms with Gasteiger partial charge in [0.2, 0.25) is 0 Å². The number of ether oxygens (including phenoxy) is 4. The number of rotatable bonds is 6. The Morgan fingerprint density at radius 3 is 2.17 bits per heavy atom. The van der Waals surface area contributed by atoms with Crippen molar-refractivity contribution in [1.82, 2.24) is 4.90 Å². The summed E-state index contributed by atoms with van der Waals surface area (Å²) in [5.74, 6) is -1.24. The predicted molar refractivity (Wildman–Crippen MR) is 106 cm³/mol. The van der Waals surface area contributed by atoms with Crippen molar-refractivity contribution in [3.8, 4) is 11.5 Å². The van der Waals surface area contributed by atoms with Crippen LogP contribution in [-0.2, 0) is 32.0 Å². The number of carbonyl (C=O) groups excluding carboxylic acids is 3. The molecule has 2 aromatic carbocycles. The molecule has 1 aliphatic heterocycles. The molecule has 1 heterocycles. The second-order valence-corrected chi connectivity index (χ2v) is 6.65. The lowest BCUT2D eigenvalue weighted by Crippen LogP contribution is -2.50. The van der Waals surface area contributed by atoms with Crippen LogP contribution in [0.25, 0.3) is 0 Å². The Bertz CT molecular complexity index is 934. The molecule has 0 saturated carbocycles. The van der Waals surface area contributed by atoms with Gasteiger partial charge in [0.05, 0.1) is 21.3 Å². The van der Waals surface area contributed by atoms with Crippen LogP contribution in [0.5, 0.6) is 11.5 Å². The molecule has 0 bridgehead atoms. The number of hydrogen-bond acceptors (Lipinski definition) is 7. The predicted octanol–water partition coefficient (Wildman–Crippen LogP) is 1.99. The minimum absolute atomic E-state index is 0.0869. The smallest absolute Gasteiger partial charge is 0.346 e. The SMILES string of the molecule is COC(=O)[C@@H]1Cc2ccccc2CN1C(=O)COC(=O)c1c(OC)cccc1OC. The van der Waals surface area contributed by atoms with Crippen LogP contribution in [0.1, 0.15) is 21.5 Å². The van der Waals surface area contributed by atoms with Gasteiger partial charge in [-0.25, -0.2) is 9.59 Å². The molecule has 0 saturated heterocycles. The van der Waals surface area contributed by atoms with E-state index < -0.39 is 30.5 Å². The van der Waals surface area contributed by atoms with E-state index in [2.05, 4.69) is 0 Å². The monoisotopic (exact) mass is 413 g/mol. The molecule has 0 aromatic heterocycles. The van der Waals surface area contributed by atoms with Crippen LogP contribution >= 0.6 is 0 Å². The zero-order valence-electron chi connectivity index (χ0n) is 17.0. The first kappa shape index (κ1) is 21.2. The van der Waals surface area contributed by atoms with E-state index in [1.54, 1.807) is 18.2 Å². The lowest BCUT2D eigenvalue weighted by molar-refractivity contribution is -0.155. The van der Waals surface area contributed by atoms with E-state index in [1.807, 2.05) is 24.3 Å². The molecule has 8 heteroatoms. The summed E-state index contributed by atoms with van der Waals surface area (Å²) in [5, 5.41) is 0. The number of esters is 2. The summed E-state index contributed by atoms with van der Waals surface area (Å²) in [4.78, 5) is 39.1. The van der Waals surface area contributed by atoms with Crippen LogP contribution in [0.2, 0.25) is 0 Å². The standard InChI is InChI=1S/C22H23NO7/c1-27-17-9-6-10-18(28-2)20(17)22(26)30-13-19(24)23-12-15-8-5-4-7-14(15)11-16(23)21(25)29-3/h4-10,16H,11-13H2,1-3H3/t16-/m0/s1. The molecule has 0 N–H and O–H groups in total. The van der Waals surface area contributed by atoms with Gasteiger partial charge in [-0.15, -0.1) is 0 Å². The Morgan fingerprint density at radius 1 is 0.933 bits per heavy atom. The van der Waals surface area contributed by atoms with Crippen molar-refractivity contribution in [2.24, 2.45) is 0 Å². The first-order chi connectivity index (χ1) is 14.5. The van der Waals surface area contributed by atoms with Gasteiger partial charge in [0.1, 0.15) is 23.1 Å². The Morgan fingerprint density at radius 2 is 1.57 bits per heavy atom. The number of amides is 1. The van der Waals surface area contributed by atoms with Crippen molar-refractivity contribution in [2.45, 2.75) is 19.0 Å². The molecule has 30 heavy (non-hydrogen) atoms. The highest BCUT2D eigenvalue weighted by Crippen LogP contribution is 2.29. The van der Waals surface area contributed by atoms with Gasteiger partial charge in [-0.2, -0.15) is 0 Å². The maximum atomic E-state index is 12.9. The Balaban J connectivity index is 1.76. The van der Waals surface area contributed by atoms with Gasteiger partial charge in [0.15, 0.2) is 6.61 Å². The topological polar surface area (TPSA) is 91.4 Å². The molecule has 0 unspecified atom stereocenters. The van der Waals surface area contributed by atoms with E-state index in [9.17, 15) is 14.4 Å². The third kappa shape index (κ3) is 4.22. The molecule has 0 fully saturated rings. The molecule has 8 nitrogen and oxygen atoms in total. The third-order valence-corrected chi connectivity index (χ3v) is 5.00. The first-order valence-corrected chi connectivity index (χ1v) is 9.32. The van der Waals surface area contributed by atoms with E-state index in [0.717, 1.165) is 11.1 Å². The molecule has 1 atom stereocenters. The lowest BCUT2D eigenvalue weighted by atomic mass is 9.94. The summed E-state index contributed by atoms with van der Waals surface area (Å²) in [6.07, 6.45) is 0.336. The van der Waals surface area contributed by atoms with Crippen LogP contribution in [-0.4, -0.2) is 56.7 Å². The summed E-state index contributed by atoms with van der Waals surface area (Å²) >= 11 is 0. The Hall–Kier alpha value is -3.55. The van der Waals surface area contributed by atoms with Crippen LogP contribution in [0.15, 0.2) is 42.5 Å². The molecule has 1 amide bonds. The number of hydrogen-bond donors (Lipinski definition) is 0.